The molecular weight excluding hydrogens is 280 g/mol. The van der Waals surface area contributed by atoms with Crippen LogP contribution < -0.4 is 10.2 Å². The van der Waals surface area contributed by atoms with Gasteiger partial charge in [-0.15, -0.1) is 0 Å². The smallest absolute Gasteiger partial charge is 0.0426 e. The largest absolute Gasteiger partial charge is 0.371 e. The number of hydrogen-bond acceptors (Lipinski definition) is 2. The molecule has 1 fully saturated rings. The average Bonchev–Trinajstić information content (AvgIpc) is 2.48. The Bertz CT molecular complexity index is 437. The predicted octanol–water partition coefficient (Wildman–Crippen LogP) is 4.71. The van der Waals surface area contributed by atoms with Crippen molar-refractivity contribution in [3.63, 3.8) is 0 Å². The van der Waals surface area contributed by atoms with E-state index in [4.69, 9.17) is 11.6 Å². The van der Waals surface area contributed by atoms with E-state index in [1.807, 2.05) is 6.07 Å². The molecule has 0 aromatic heterocycles. The molecule has 0 aliphatic carbocycles. The van der Waals surface area contributed by atoms with E-state index in [1.54, 1.807) is 0 Å². The Morgan fingerprint density at radius 1 is 1.29 bits per heavy atom. The highest BCUT2D eigenvalue weighted by Gasteiger charge is 2.20. The van der Waals surface area contributed by atoms with Crippen LogP contribution in [0.4, 0.5) is 5.69 Å². The molecule has 1 N–H and O–H groups in total. The van der Waals surface area contributed by atoms with Gasteiger partial charge in [-0.1, -0.05) is 44.9 Å². The zero-order chi connectivity index (χ0) is 15.2. The van der Waals surface area contributed by atoms with Gasteiger partial charge >= 0.3 is 0 Å². The summed E-state index contributed by atoms with van der Waals surface area (Å²) >= 11 is 6.23. The van der Waals surface area contributed by atoms with Gasteiger partial charge in [0.2, 0.25) is 0 Å². The van der Waals surface area contributed by atoms with E-state index >= 15 is 0 Å². The molecule has 21 heavy (non-hydrogen) atoms. The van der Waals surface area contributed by atoms with E-state index in [2.05, 4.69) is 43.1 Å². The van der Waals surface area contributed by atoms with E-state index in [-0.39, 0.29) is 0 Å². The molecule has 1 heterocycles. The molecule has 0 saturated carbocycles. The first-order valence-electron chi connectivity index (χ1n) is 8.34. The highest BCUT2D eigenvalue weighted by molar-refractivity contribution is 6.30. The highest BCUT2D eigenvalue weighted by atomic mass is 35.5. The Morgan fingerprint density at radius 3 is 2.62 bits per heavy atom. The molecule has 0 radical (unpaired) electrons. The van der Waals surface area contributed by atoms with Crippen molar-refractivity contribution in [2.75, 3.05) is 24.5 Å². The minimum Gasteiger partial charge on any atom is -0.371 e. The maximum absolute atomic E-state index is 6.23. The van der Waals surface area contributed by atoms with Crippen molar-refractivity contribution in [1.29, 1.82) is 0 Å². The minimum absolute atomic E-state index is 0.682. The number of rotatable bonds is 6. The van der Waals surface area contributed by atoms with Crippen LogP contribution in [0.2, 0.25) is 5.02 Å². The van der Waals surface area contributed by atoms with Crippen LogP contribution >= 0.6 is 11.6 Å². The zero-order valence-electron chi connectivity index (χ0n) is 13.7. The number of halogens is 1. The Hall–Kier alpha value is -0.730. The maximum Gasteiger partial charge on any atom is 0.0426 e. The van der Waals surface area contributed by atoms with Gasteiger partial charge in [0, 0.05) is 30.3 Å². The van der Waals surface area contributed by atoms with Crippen LogP contribution in [0.3, 0.4) is 0 Å². The third-order valence-corrected chi connectivity index (χ3v) is 4.68. The van der Waals surface area contributed by atoms with E-state index in [9.17, 15) is 0 Å². The Balaban J connectivity index is 2.04. The SMILES string of the molecule is CCC1CCN(c2cc(Cl)ccc2CNCC(C)C)CC1. The fourth-order valence-electron chi connectivity index (χ4n) is 3.06. The fraction of sp³-hybridized carbons (Fsp3) is 0.667. The number of benzene rings is 1. The second kappa shape index (κ2) is 8.05. The lowest BCUT2D eigenvalue weighted by atomic mass is 9.94. The van der Waals surface area contributed by atoms with Crippen LogP contribution in [-0.2, 0) is 6.54 Å². The maximum atomic E-state index is 6.23. The summed E-state index contributed by atoms with van der Waals surface area (Å²) in [4.78, 5) is 2.52. The molecular formula is C18H29ClN2. The normalized spacial score (nSPS) is 16.7. The molecule has 0 spiro atoms. The van der Waals surface area contributed by atoms with Crippen LogP contribution in [-0.4, -0.2) is 19.6 Å². The topological polar surface area (TPSA) is 15.3 Å². The van der Waals surface area contributed by atoms with Crippen molar-refractivity contribution in [1.82, 2.24) is 5.32 Å². The molecule has 0 unspecified atom stereocenters. The average molecular weight is 309 g/mol. The number of nitrogens with zero attached hydrogens (tertiary/aromatic N) is 1. The lowest BCUT2D eigenvalue weighted by molar-refractivity contribution is 0.394. The predicted molar refractivity (Wildman–Crippen MR) is 93.2 cm³/mol. The lowest BCUT2D eigenvalue weighted by Gasteiger charge is -2.34. The van der Waals surface area contributed by atoms with E-state index < -0.39 is 0 Å². The molecule has 1 aromatic carbocycles. The summed E-state index contributed by atoms with van der Waals surface area (Å²) in [5, 5.41) is 4.39. The van der Waals surface area contributed by atoms with Gasteiger partial charge in [-0.05, 0) is 48.9 Å². The summed E-state index contributed by atoms with van der Waals surface area (Å²) in [6, 6.07) is 6.33. The van der Waals surface area contributed by atoms with Crippen molar-refractivity contribution < 1.29 is 0 Å². The van der Waals surface area contributed by atoms with Gasteiger partial charge in [0.1, 0.15) is 0 Å². The van der Waals surface area contributed by atoms with Gasteiger partial charge in [0.05, 0.1) is 0 Å². The summed E-state index contributed by atoms with van der Waals surface area (Å²) in [5.74, 6) is 1.59. The number of nitrogens with one attached hydrogen (secondary N) is 1. The molecule has 2 rings (SSSR count). The third kappa shape index (κ3) is 4.89. The van der Waals surface area contributed by atoms with Crippen LogP contribution in [0.5, 0.6) is 0 Å². The molecule has 0 atom stereocenters. The molecule has 0 amide bonds. The molecule has 1 aliphatic heterocycles. The fourth-order valence-corrected chi connectivity index (χ4v) is 3.22. The highest BCUT2D eigenvalue weighted by Crippen LogP contribution is 2.30. The molecule has 1 saturated heterocycles. The number of piperidine rings is 1. The van der Waals surface area contributed by atoms with Crippen LogP contribution in [0.15, 0.2) is 18.2 Å². The second-order valence-corrected chi connectivity index (χ2v) is 7.07. The zero-order valence-corrected chi connectivity index (χ0v) is 14.4. The van der Waals surface area contributed by atoms with Crippen molar-refractivity contribution in [3.05, 3.63) is 28.8 Å². The van der Waals surface area contributed by atoms with Gasteiger partial charge in [0.25, 0.3) is 0 Å². The van der Waals surface area contributed by atoms with Gasteiger partial charge in [-0.2, -0.15) is 0 Å². The quantitative estimate of drug-likeness (QED) is 0.818. The molecule has 3 heteroatoms. The first-order valence-corrected chi connectivity index (χ1v) is 8.72. The van der Waals surface area contributed by atoms with Gasteiger partial charge < -0.3 is 10.2 Å². The number of anilines is 1. The summed E-state index contributed by atoms with van der Waals surface area (Å²) in [6.07, 6.45) is 3.93. The second-order valence-electron chi connectivity index (χ2n) is 6.64. The van der Waals surface area contributed by atoms with Gasteiger partial charge in [0.15, 0.2) is 0 Å². The van der Waals surface area contributed by atoms with Crippen LogP contribution in [0, 0.1) is 11.8 Å². The summed E-state index contributed by atoms with van der Waals surface area (Å²) in [6.45, 7) is 11.1. The van der Waals surface area contributed by atoms with E-state index in [1.165, 1.54) is 30.5 Å². The first-order chi connectivity index (χ1) is 10.1. The Labute approximate surface area is 134 Å². The van der Waals surface area contributed by atoms with Gasteiger partial charge in [-0.25, -0.2) is 0 Å². The third-order valence-electron chi connectivity index (χ3n) is 4.45. The van der Waals surface area contributed by atoms with Gasteiger partial charge in [-0.3, -0.25) is 0 Å². The Morgan fingerprint density at radius 2 is 2.00 bits per heavy atom. The summed E-state index contributed by atoms with van der Waals surface area (Å²) in [5.41, 5.74) is 2.70. The molecule has 0 bridgehead atoms. The summed E-state index contributed by atoms with van der Waals surface area (Å²) < 4.78 is 0. The standard InChI is InChI=1S/C18H29ClN2/c1-4-15-7-9-21(10-8-15)18-11-17(19)6-5-16(18)13-20-12-14(2)3/h5-6,11,14-15,20H,4,7-10,12-13H2,1-3H3. The monoisotopic (exact) mass is 308 g/mol. The lowest BCUT2D eigenvalue weighted by Crippen LogP contribution is -2.34. The molecule has 2 nitrogen and oxygen atoms in total. The number of hydrogen-bond donors (Lipinski definition) is 1. The van der Waals surface area contributed by atoms with Crippen molar-refractivity contribution >= 4 is 17.3 Å². The molecule has 1 aromatic rings. The van der Waals surface area contributed by atoms with Crippen molar-refractivity contribution in [3.8, 4) is 0 Å². The van der Waals surface area contributed by atoms with E-state index in [0.29, 0.717) is 5.92 Å². The van der Waals surface area contributed by atoms with Crippen molar-refractivity contribution in [2.24, 2.45) is 11.8 Å². The van der Waals surface area contributed by atoms with Crippen LogP contribution in [0.25, 0.3) is 0 Å². The minimum atomic E-state index is 0.682. The summed E-state index contributed by atoms with van der Waals surface area (Å²) in [7, 11) is 0. The molecule has 1 aliphatic rings. The first kappa shape index (κ1) is 16.6. The Kier molecular flexibility index (Phi) is 6.38. The molecule has 118 valence electrons. The van der Waals surface area contributed by atoms with Crippen molar-refractivity contribution in [2.45, 2.75) is 46.6 Å². The van der Waals surface area contributed by atoms with Crippen LogP contribution in [0.1, 0.15) is 45.6 Å². The van der Waals surface area contributed by atoms with E-state index in [0.717, 1.165) is 37.1 Å².